The minimum atomic E-state index is -0.512. The number of ether oxygens (including phenoxy) is 2. The van der Waals surface area contributed by atoms with Gasteiger partial charge in [-0.25, -0.2) is 0 Å². The molecule has 0 saturated carbocycles. The number of hydrogen-bond acceptors (Lipinski definition) is 4. The van der Waals surface area contributed by atoms with E-state index in [1.54, 1.807) is 0 Å². The summed E-state index contributed by atoms with van der Waals surface area (Å²) in [6.45, 7) is 7.19. The van der Waals surface area contributed by atoms with Gasteiger partial charge in [-0.2, -0.15) is 0 Å². The fourth-order valence-electron chi connectivity index (χ4n) is 0.928. The molecule has 2 N–H and O–H groups in total. The van der Waals surface area contributed by atoms with Gasteiger partial charge in [-0.15, -0.1) is 0 Å². The normalized spacial score (nSPS) is 14.9. The molecule has 4 heteroatoms. The Balaban J connectivity index is 3.62. The van der Waals surface area contributed by atoms with Gasteiger partial charge in [0.2, 0.25) is 0 Å². The lowest BCUT2D eigenvalue weighted by Gasteiger charge is -2.16. The van der Waals surface area contributed by atoms with Crippen molar-refractivity contribution in [3.8, 4) is 0 Å². The van der Waals surface area contributed by atoms with Gasteiger partial charge in [0.05, 0.1) is 6.61 Å². The van der Waals surface area contributed by atoms with Crippen LogP contribution in [0, 0.1) is 5.92 Å². The quantitative estimate of drug-likeness (QED) is 0.494. The lowest BCUT2D eigenvalue weighted by Crippen LogP contribution is -2.38. The molecule has 0 aliphatic heterocycles. The minimum absolute atomic E-state index is 0.162. The number of carbonyl (C=O) groups excluding carboxylic acids is 1. The average Bonchev–Trinajstić information content (AvgIpc) is 2.21. The number of rotatable bonds is 7. The highest BCUT2D eigenvalue weighted by molar-refractivity contribution is 5.75. The third kappa shape index (κ3) is 5.19. The number of carbonyl (C=O) groups is 1. The smallest absolute Gasteiger partial charge is 0.323 e. The molecular formula is C10H21NO3. The van der Waals surface area contributed by atoms with Crippen molar-refractivity contribution in [2.45, 2.75) is 33.2 Å². The molecule has 0 fully saturated rings. The van der Waals surface area contributed by atoms with Crippen molar-refractivity contribution in [2.24, 2.45) is 11.7 Å². The Morgan fingerprint density at radius 3 is 2.50 bits per heavy atom. The maximum absolute atomic E-state index is 11.3. The summed E-state index contributed by atoms with van der Waals surface area (Å²) >= 11 is 0. The first kappa shape index (κ1) is 13.4. The lowest BCUT2D eigenvalue weighted by atomic mass is 10.0. The van der Waals surface area contributed by atoms with Gasteiger partial charge in [-0.1, -0.05) is 20.3 Å². The van der Waals surface area contributed by atoms with Crippen molar-refractivity contribution < 1.29 is 14.3 Å². The number of hydrogen-bond donors (Lipinski definition) is 1. The molecular weight excluding hydrogens is 182 g/mol. The molecule has 0 aromatic rings. The summed E-state index contributed by atoms with van der Waals surface area (Å²) in [5.41, 5.74) is 5.67. The van der Waals surface area contributed by atoms with Crippen molar-refractivity contribution >= 4 is 5.97 Å². The molecule has 0 aliphatic carbocycles. The molecule has 2 atom stereocenters. The van der Waals surface area contributed by atoms with Crippen LogP contribution in [-0.2, 0) is 14.3 Å². The van der Waals surface area contributed by atoms with Gasteiger partial charge in [0, 0.05) is 6.61 Å². The van der Waals surface area contributed by atoms with Crippen molar-refractivity contribution in [3.63, 3.8) is 0 Å². The summed E-state index contributed by atoms with van der Waals surface area (Å²) in [5, 5.41) is 0. The molecule has 0 saturated heterocycles. The van der Waals surface area contributed by atoms with Crippen molar-refractivity contribution in [1.82, 2.24) is 0 Å². The largest absolute Gasteiger partial charge is 0.462 e. The molecule has 0 rings (SSSR count). The molecule has 0 amide bonds. The van der Waals surface area contributed by atoms with E-state index in [1.807, 2.05) is 20.8 Å². The van der Waals surface area contributed by atoms with E-state index in [0.717, 1.165) is 6.42 Å². The molecule has 0 aromatic heterocycles. The van der Waals surface area contributed by atoms with Gasteiger partial charge in [-0.3, -0.25) is 4.79 Å². The van der Waals surface area contributed by atoms with Crippen LogP contribution in [0.15, 0.2) is 0 Å². The van der Waals surface area contributed by atoms with Crippen LogP contribution in [0.2, 0.25) is 0 Å². The molecule has 0 radical (unpaired) electrons. The molecule has 4 nitrogen and oxygen atoms in total. The Labute approximate surface area is 85.8 Å². The van der Waals surface area contributed by atoms with Crippen molar-refractivity contribution in [3.05, 3.63) is 0 Å². The predicted octanol–water partition coefficient (Wildman–Crippen LogP) is 0.939. The third-order valence-electron chi connectivity index (χ3n) is 2.21. The summed E-state index contributed by atoms with van der Waals surface area (Å²) < 4.78 is 9.97. The van der Waals surface area contributed by atoms with Crippen LogP contribution < -0.4 is 5.73 Å². The SMILES string of the molecule is CCOCCOC(=O)[C@@H](N)C(C)CC. The first-order chi connectivity index (χ1) is 6.63. The standard InChI is InChI=1S/C10H21NO3/c1-4-8(3)9(11)10(12)14-7-6-13-5-2/h8-9H,4-7,11H2,1-3H3/t8?,9-/m0/s1. The van der Waals surface area contributed by atoms with Crippen LogP contribution >= 0.6 is 0 Å². The summed E-state index contributed by atoms with van der Waals surface area (Å²) in [7, 11) is 0. The van der Waals surface area contributed by atoms with Gasteiger partial charge >= 0.3 is 5.97 Å². The molecule has 84 valence electrons. The summed E-state index contributed by atoms with van der Waals surface area (Å²) in [4.78, 5) is 11.3. The summed E-state index contributed by atoms with van der Waals surface area (Å²) in [6, 6.07) is -0.512. The van der Waals surface area contributed by atoms with Crippen LogP contribution in [0.1, 0.15) is 27.2 Å². The average molecular weight is 203 g/mol. The van der Waals surface area contributed by atoms with E-state index in [9.17, 15) is 4.79 Å². The van der Waals surface area contributed by atoms with Gasteiger partial charge in [0.1, 0.15) is 12.6 Å². The first-order valence-electron chi connectivity index (χ1n) is 5.13. The Kier molecular flexibility index (Phi) is 7.42. The second-order valence-electron chi connectivity index (χ2n) is 3.28. The monoisotopic (exact) mass is 203 g/mol. The van der Waals surface area contributed by atoms with Crippen LogP contribution in [0.4, 0.5) is 0 Å². The van der Waals surface area contributed by atoms with E-state index in [0.29, 0.717) is 13.2 Å². The topological polar surface area (TPSA) is 61.5 Å². The van der Waals surface area contributed by atoms with E-state index in [4.69, 9.17) is 15.2 Å². The third-order valence-corrected chi connectivity index (χ3v) is 2.21. The van der Waals surface area contributed by atoms with Gasteiger partial charge in [0.25, 0.3) is 0 Å². The van der Waals surface area contributed by atoms with Crippen LogP contribution in [0.25, 0.3) is 0 Å². The molecule has 1 unspecified atom stereocenters. The Morgan fingerprint density at radius 1 is 1.36 bits per heavy atom. The second-order valence-corrected chi connectivity index (χ2v) is 3.28. The molecule has 0 bridgehead atoms. The van der Waals surface area contributed by atoms with E-state index in [1.165, 1.54) is 0 Å². The minimum Gasteiger partial charge on any atom is -0.462 e. The van der Waals surface area contributed by atoms with Gasteiger partial charge in [0.15, 0.2) is 0 Å². The molecule has 0 heterocycles. The van der Waals surface area contributed by atoms with Crippen LogP contribution in [0.5, 0.6) is 0 Å². The predicted molar refractivity (Wildman–Crippen MR) is 54.9 cm³/mol. The maximum Gasteiger partial charge on any atom is 0.323 e. The van der Waals surface area contributed by atoms with E-state index in [2.05, 4.69) is 0 Å². The van der Waals surface area contributed by atoms with E-state index >= 15 is 0 Å². The molecule has 14 heavy (non-hydrogen) atoms. The molecule has 0 spiro atoms. The van der Waals surface area contributed by atoms with Crippen molar-refractivity contribution in [1.29, 1.82) is 0 Å². The van der Waals surface area contributed by atoms with E-state index < -0.39 is 6.04 Å². The first-order valence-corrected chi connectivity index (χ1v) is 5.13. The van der Waals surface area contributed by atoms with Gasteiger partial charge < -0.3 is 15.2 Å². The zero-order chi connectivity index (χ0) is 11.0. The highest BCUT2D eigenvalue weighted by atomic mass is 16.6. The zero-order valence-electron chi connectivity index (χ0n) is 9.29. The second kappa shape index (κ2) is 7.76. The number of esters is 1. The summed E-state index contributed by atoms with van der Waals surface area (Å²) in [5.74, 6) is -0.173. The van der Waals surface area contributed by atoms with Crippen LogP contribution in [-0.4, -0.2) is 31.8 Å². The fraction of sp³-hybridized carbons (Fsp3) is 0.900. The lowest BCUT2D eigenvalue weighted by molar-refractivity contribution is -0.148. The Hall–Kier alpha value is -0.610. The van der Waals surface area contributed by atoms with Crippen LogP contribution in [0.3, 0.4) is 0 Å². The number of nitrogens with two attached hydrogens (primary N) is 1. The Bertz CT molecular complexity index is 161. The Morgan fingerprint density at radius 2 is 2.00 bits per heavy atom. The maximum atomic E-state index is 11.3. The highest BCUT2D eigenvalue weighted by Crippen LogP contribution is 2.06. The molecule has 0 aromatic carbocycles. The zero-order valence-corrected chi connectivity index (χ0v) is 9.29. The highest BCUT2D eigenvalue weighted by Gasteiger charge is 2.20. The van der Waals surface area contributed by atoms with E-state index in [-0.39, 0.29) is 18.5 Å². The molecule has 0 aliphatic rings. The van der Waals surface area contributed by atoms with Crippen molar-refractivity contribution in [2.75, 3.05) is 19.8 Å². The summed E-state index contributed by atoms with van der Waals surface area (Å²) in [6.07, 6.45) is 0.877. The van der Waals surface area contributed by atoms with Gasteiger partial charge in [-0.05, 0) is 12.8 Å². The fourth-order valence-corrected chi connectivity index (χ4v) is 0.928.